The van der Waals surface area contributed by atoms with Crippen molar-refractivity contribution in [1.29, 1.82) is 0 Å². The summed E-state index contributed by atoms with van der Waals surface area (Å²) >= 11 is 0. The Morgan fingerprint density at radius 2 is 2.36 bits per heavy atom. The lowest BCUT2D eigenvalue weighted by molar-refractivity contribution is 0.752. The first-order chi connectivity index (χ1) is 5.11. The van der Waals surface area contributed by atoms with E-state index in [0.29, 0.717) is 5.92 Å². The Hall–Kier alpha value is -0.850. The van der Waals surface area contributed by atoms with E-state index in [-0.39, 0.29) is 0 Å². The maximum Gasteiger partial charge on any atom is 0.0403 e. The summed E-state index contributed by atoms with van der Waals surface area (Å²) in [4.78, 5) is 4.31. The van der Waals surface area contributed by atoms with Gasteiger partial charge >= 0.3 is 0 Å². The van der Waals surface area contributed by atoms with Crippen LogP contribution in [0.25, 0.3) is 0 Å². The molecule has 1 aliphatic rings. The largest absolute Gasteiger partial charge is 0.265 e. The molecule has 0 aromatic heterocycles. The Bertz CT molecular complexity index is 233. The van der Waals surface area contributed by atoms with Gasteiger partial charge in [0.25, 0.3) is 0 Å². The Morgan fingerprint density at radius 3 is 2.82 bits per heavy atom. The molecule has 0 bridgehead atoms. The Balaban J connectivity index is 2.90. The molecule has 0 aliphatic carbocycles. The summed E-state index contributed by atoms with van der Waals surface area (Å²) in [5.74, 6) is 0.574. The van der Waals surface area contributed by atoms with Crippen LogP contribution in [0.4, 0.5) is 0 Å². The van der Waals surface area contributed by atoms with E-state index in [2.05, 4.69) is 18.5 Å². The molecule has 0 saturated heterocycles. The second-order valence-electron chi connectivity index (χ2n) is 3.30. The molecule has 1 heterocycles. The average Bonchev–Trinajstić information content (AvgIpc) is 1.94. The van der Waals surface area contributed by atoms with Crippen LogP contribution in [0.3, 0.4) is 0 Å². The molecular formula is C10H15N. The quantitative estimate of drug-likeness (QED) is 0.543. The molecule has 1 nitrogen and oxygen atoms in total. The number of aliphatic imine (C=N–C) groups is 1. The van der Waals surface area contributed by atoms with Crippen LogP contribution in [0.5, 0.6) is 0 Å². The topological polar surface area (TPSA) is 12.4 Å². The molecule has 0 aromatic carbocycles. The zero-order valence-electron chi connectivity index (χ0n) is 7.52. The lowest BCUT2D eigenvalue weighted by Crippen LogP contribution is -2.05. The number of allylic oxidation sites excluding steroid dienone is 3. The van der Waals surface area contributed by atoms with Crippen LogP contribution in [-0.4, -0.2) is 6.21 Å². The normalized spacial score (nSPS) is 24.1. The lowest BCUT2D eigenvalue weighted by atomic mass is 9.94. The highest BCUT2D eigenvalue weighted by atomic mass is 14.7. The number of hydrogen-bond acceptors (Lipinski definition) is 1. The van der Waals surface area contributed by atoms with E-state index >= 15 is 0 Å². The van der Waals surface area contributed by atoms with Crippen LogP contribution < -0.4 is 0 Å². The van der Waals surface area contributed by atoms with Crippen molar-refractivity contribution in [3.63, 3.8) is 0 Å². The van der Waals surface area contributed by atoms with E-state index in [1.807, 2.05) is 20.1 Å². The van der Waals surface area contributed by atoms with Gasteiger partial charge in [-0.15, -0.1) is 0 Å². The van der Waals surface area contributed by atoms with Gasteiger partial charge in [-0.3, -0.25) is 4.99 Å². The third-order valence-corrected chi connectivity index (χ3v) is 2.00. The third kappa shape index (κ3) is 1.79. The Labute approximate surface area is 68.5 Å². The standard InChI is InChI=1S/C10H15N/c1-7(2)10-5-8(3)6-11-9(10)4/h6,8H,1,5H2,2-4H3/t8-/m1/s1. The highest BCUT2D eigenvalue weighted by Crippen LogP contribution is 2.24. The van der Waals surface area contributed by atoms with Crippen molar-refractivity contribution in [2.45, 2.75) is 27.2 Å². The minimum absolute atomic E-state index is 0.574. The maximum atomic E-state index is 4.31. The van der Waals surface area contributed by atoms with Gasteiger partial charge in [0.05, 0.1) is 0 Å². The summed E-state index contributed by atoms with van der Waals surface area (Å²) < 4.78 is 0. The Morgan fingerprint density at radius 1 is 1.73 bits per heavy atom. The van der Waals surface area contributed by atoms with Gasteiger partial charge in [0.1, 0.15) is 0 Å². The maximum absolute atomic E-state index is 4.31. The van der Waals surface area contributed by atoms with Crippen molar-refractivity contribution >= 4 is 6.21 Å². The van der Waals surface area contributed by atoms with E-state index < -0.39 is 0 Å². The van der Waals surface area contributed by atoms with E-state index in [1.165, 1.54) is 5.57 Å². The number of hydrogen-bond donors (Lipinski definition) is 0. The number of rotatable bonds is 1. The number of nitrogens with zero attached hydrogens (tertiary/aromatic N) is 1. The van der Waals surface area contributed by atoms with Gasteiger partial charge < -0.3 is 0 Å². The monoisotopic (exact) mass is 149 g/mol. The summed E-state index contributed by atoms with van der Waals surface area (Å²) in [6.07, 6.45) is 3.12. The van der Waals surface area contributed by atoms with Gasteiger partial charge in [-0.2, -0.15) is 0 Å². The fourth-order valence-electron chi connectivity index (χ4n) is 1.32. The van der Waals surface area contributed by atoms with Crippen molar-refractivity contribution in [2.24, 2.45) is 10.9 Å². The second-order valence-corrected chi connectivity index (χ2v) is 3.30. The summed E-state index contributed by atoms with van der Waals surface area (Å²) in [7, 11) is 0. The average molecular weight is 149 g/mol. The minimum Gasteiger partial charge on any atom is -0.265 e. The van der Waals surface area contributed by atoms with Crippen LogP contribution in [0, 0.1) is 5.92 Å². The molecular weight excluding hydrogens is 134 g/mol. The SMILES string of the molecule is C=C(C)C1=C(C)N=C[C@H](C)C1. The van der Waals surface area contributed by atoms with Gasteiger partial charge in [0.15, 0.2) is 0 Å². The molecule has 0 radical (unpaired) electrons. The summed E-state index contributed by atoms with van der Waals surface area (Å²) in [6, 6.07) is 0. The smallest absolute Gasteiger partial charge is 0.0403 e. The highest BCUT2D eigenvalue weighted by molar-refractivity contribution is 5.65. The molecule has 0 unspecified atom stereocenters. The van der Waals surface area contributed by atoms with Crippen LogP contribution in [-0.2, 0) is 0 Å². The van der Waals surface area contributed by atoms with Crippen molar-refractivity contribution in [3.8, 4) is 0 Å². The molecule has 0 fully saturated rings. The summed E-state index contributed by atoms with van der Waals surface area (Å²) in [5.41, 5.74) is 3.63. The summed E-state index contributed by atoms with van der Waals surface area (Å²) in [6.45, 7) is 10.2. The molecule has 1 rings (SSSR count). The van der Waals surface area contributed by atoms with Gasteiger partial charge in [-0.1, -0.05) is 19.1 Å². The molecule has 1 atom stereocenters. The zero-order chi connectivity index (χ0) is 8.43. The van der Waals surface area contributed by atoms with Crippen LogP contribution >= 0.6 is 0 Å². The van der Waals surface area contributed by atoms with Crippen molar-refractivity contribution < 1.29 is 0 Å². The molecule has 0 spiro atoms. The van der Waals surface area contributed by atoms with E-state index in [4.69, 9.17) is 0 Å². The van der Waals surface area contributed by atoms with Gasteiger partial charge in [-0.05, 0) is 31.8 Å². The predicted molar refractivity (Wildman–Crippen MR) is 49.8 cm³/mol. The van der Waals surface area contributed by atoms with Crippen LogP contribution in [0.2, 0.25) is 0 Å². The zero-order valence-corrected chi connectivity index (χ0v) is 7.52. The molecule has 1 aliphatic heterocycles. The fourth-order valence-corrected chi connectivity index (χ4v) is 1.32. The minimum atomic E-state index is 0.574. The predicted octanol–water partition coefficient (Wildman–Crippen LogP) is 2.95. The third-order valence-electron chi connectivity index (χ3n) is 2.00. The second kappa shape index (κ2) is 3.04. The molecule has 0 amide bonds. The van der Waals surface area contributed by atoms with Crippen molar-refractivity contribution in [2.75, 3.05) is 0 Å². The van der Waals surface area contributed by atoms with Crippen molar-refractivity contribution in [1.82, 2.24) is 0 Å². The fraction of sp³-hybridized carbons (Fsp3) is 0.500. The van der Waals surface area contributed by atoms with Gasteiger partial charge in [-0.25, -0.2) is 0 Å². The highest BCUT2D eigenvalue weighted by Gasteiger charge is 2.11. The van der Waals surface area contributed by atoms with Crippen LogP contribution in [0.15, 0.2) is 28.4 Å². The molecule has 0 N–H and O–H groups in total. The first kappa shape index (κ1) is 8.25. The van der Waals surface area contributed by atoms with Gasteiger partial charge in [0, 0.05) is 11.9 Å². The lowest BCUT2D eigenvalue weighted by Gasteiger charge is -2.16. The summed E-state index contributed by atoms with van der Waals surface area (Å²) in [5, 5.41) is 0. The molecule has 1 heteroatoms. The molecule has 11 heavy (non-hydrogen) atoms. The molecule has 0 saturated carbocycles. The molecule has 60 valence electrons. The van der Waals surface area contributed by atoms with Crippen molar-refractivity contribution in [3.05, 3.63) is 23.4 Å². The molecule has 0 aromatic rings. The van der Waals surface area contributed by atoms with E-state index in [9.17, 15) is 0 Å². The van der Waals surface area contributed by atoms with E-state index in [0.717, 1.165) is 17.7 Å². The van der Waals surface area contributed by atoms with E-state index in [1.54, 1.807) is 0 Å². The Kier molecular flexibility index (Phi) is 2.28. The van der Waals surface area contributed by atoms with Gasteiger partial charge in [0.2, 0.25) is 0 Å². The first-order valence-electron chi connectivity index (χ1n) is 4.01. The van der Waals surface area contributed by atoms with Crippen LogP contribution in [0.1, 0.15) is 27.2 Å². The first-order valence-corrected chi connectivity index (χ1v) is 4.01.